The number of carbonyl (C=O) groups excluding carboxylic acids is 1. The topological polar surface area (TPSA) is 42.0 Å². The van der Waals surface area contributed by atoms with Crippen molar-refractivity contribution in [2.24, 2.45) is 0 Å². The summed E-state index contributed by atoms with van der Waals surface area (Å²) in [4.78, 5) is 17.3. The zero-order chi connectivity index (χ0) is 18.8. The third kappa shape index (κ3) is 3.39. The molecule has 2 heterocycles. The molecule has 0 aliphatic carbocycles. The number of likely N-dealkylation sites (tertiary alicyclic amines) is 1. The molecule has 1 atom stereocenters. The zero-order valence-corrected chi connectivity index (χ0v) is 16.0. The molecule has 0 N–H and O–H groups in total. The SMILES string of the molecule is COc1ccc(OC)c([C@H]2CCCN2CC(=O)N2CCc3ccccc32)c1. The van der Waals surface area contributed by atoms with Gasteiger partial charge in [0, 0.05) is 23.8 Å². The number of benzene rings is 2. The molecule has 5 nitrogen and oxygen atoms in total. The molecule has 2 aromatic rings. The van der Waals surface area contributed by atoms with Crippen molar-refractivity contribution < 1.29 is 14.3 Å². The van der Waals surface area contributed by atoms with Crippen molar-refractivity contribution in [2.45, 2.75) is 25.3 Å². The molecule has 27 heavy (non-hydrogen) atoms. The third-order valence-electron chi connectivity index (χ3n) is 5.69. The van der Waals surface area contributed by atoms with E-state index in [0.717, 1.165) is 55.1 Å². The predicted octanol–water partition coefficient (Wildman–Crippen LogP) is 3.43. The van der Waals surface area contributed by atoms with Crippen molar-refractivity contribution in [1.82, 2.24) is 4.90 Å². The van der Waals surface area contributed by atoms with Crippen molar-refractivity contribution in [3.8, 4) is 11.5 Å². The maximum atomic E-state index is 13.0. The average Bonchev–Trinajstić information content (AvgIpc) is 3.34. The quantitative estimate of drug-likeness (QED) is 0.813. The molecule has 1 amide bonds. The van der Waals surface area contributed by atoms with Gasteiger partial charge in [-0.2, -0.15) is 0 Å². The van der Waals surface area contributed by atoms with Crippen LogP contribution in [0.1, 0.15) is 30.0 Å². The Kier molecular flexibility index (Phi) is 5.03. The van der Waals surface area contributed by atoms with Crippen LogP contribution < -0.4 is 14.4 Å². The minimum absolute atomic E-state index is 0.175. The normalized spacial score (nSPS) is 19.2. The Balaban J connectivity index is 1.54. The number of hydrogen-bond acceptors (Lipinski definition) is 4. The molecule has 0 unspecified atom stereocenters. The van der Waals surface area contributed by atoms with Gasteiger partial charge in [-0.15, -0.1) is 0 Å². The van der Waals surface area contributed by atoms with E-state index in [1.165, 1.54) is 5.56 Å². The Morgan fingerprint density at radius 3 is 2.78 bits per heavy atom. The van der Waals surface area contributed by atoms with Crippen LogP contribution >= 0.6 is 0 Å². The third-order valence-corrected chi connectivity index (χ3v) is 5.69. The Hall–Kier alpha value is -2.53. The summed E-state index contributed by atoms with van der Waals surface area (Å²) in [6, 6.07) is 14.3. The van der Waals surface area contributed by atoms with Crippen LogP contribution in [-0.2, 0) is 11.2 Å². The van der Waals surface area contributed by atoms with Crippen molar-refractivity contribution in [3.05, 3.63) is 53.6 Å². The molecular weight excluding hydrogens is 340 g/mol. The van der Waals surface area contributed by atoms with Crippen molar-refractivity contribution >= 4 is 11.6 Å². The number of rotatable bonds is 5. The maximum absolute atomic E-state index is 13.0. The van der Waals surface area contributed by atoms with Gasteiger partial charge in [-0.1, -0.05) is 18.2 Å². The zero-order valence-electron chi connectivity index (χ0n) is 16.0. The summed E-state index contributed by atoms with van der Waals surface area (Å²) in [5.74, 6) is 1.85. The molecule has 2 aliphatic heterocycles. The summed E-state index contributed by atoms with van der Waals surface area (Å²) in [7, 11) is 3.36. The van der Waals surface area contributed by atoms with Gasteiger partial charge in [0.25, 0.3) is 0 Å². The summed E-state index contributed by atoms with van der Waals surface area (Å²) in [5, 5.41) is 0. The second kappa shape index (κ2) is 7.61. The van der Waals surface area contributed by atoms with Crippen LogP contribution in [0, 0.1) is 0 Å². The minimum atomic E-state index is 0.175. The lowest BCUT2D eigenvalue weighted by molar-refractivity contribution is -0.119. The molecule has 0 spiro atoms. The van der Waals surface area contributed by atoms with Crippen molar-refractivity contribution in [2.75, 3.05) is 38.8 Å². The number of hydrogen-bond donors (Lipinski definition) is 0. The molecule has 0 aromatic heterocycles. The van der Waals surface area contributed by atoms with Crippen molar-refractivity contribution in [1.29, 1.82) is 0 Å². The molecule has 2 aromatic carbocycles. The van der Waals surface area contributed by atoms with Crippen LogP contribution in [0.25, 0.3) is 0 Å². The van der Waals surface area contributed by atoms with Gasteiger partial charge in [-0.05, 0) is 55.6 Å². The minimum Gasteiger partial charge on any atom is -0.497 e. The van der Waals surface area contributed by atoms with E-state index in [-0.39, 0.29) is 11.9 Å². The number of para-hydroxylation sites is 1. The molecule has 1 saturated heterocycles. The van der Waals surface area contributed by atoms with E-state index in [2.05, 4.69) is 11.0 Å². The van der Waals surface area contributed by atoms with Gasteiger partial charge in [-0.3, -0.25) is 9.69 Å². The molecule has 4 rings (SSSR count). The fourth-order valence-electron chi connectivity index (χ4n) is 4.32. The van der Waals surface area contributed by atoms with Crippen LogP contribution in [0.5, 0.6) is 11.5 Å². The van der Waals surface area contributed by atoms with E-state index < -0.39 is 0 Å². The summed E-state index contributed by atoms with van der Waals surface area (Å²) in [5.41, 5.74) is 3.43. The Bertz CT molecular complexity index is 836. The number of ether oxygens (including phenoxy) is 2. The highest BCUT2D eigenvalue weighted by Gasteiger charge is 2.32. The molecular formula is C22H26N2O3. The number of anilines is 1. The Morgan fingerprint density at radius 1 is 1.11 bits per heavy atom. The van der Waals surface area contributed by atoms with Crippen LogP contribution in [0.3, 0.4) is 0 Å². The Labute approximate surface area is 160 Å². The second-order valence-electron chi connectivity index (χ2n) is 7.16. The molecule has 0 saturated carbocycles. The van der Waals surface area contributed by atoms with Crippen LogP contribution in [-0.4, -0.2) is 44.7 Å². The summed E-state index contributed by atoms with van der Waals surface area (Å²) in [6.45, 7) is 2.13. The number of carbonyl (C=O) groups is 1. The number of amides is 1. The Morgan fingerprint density at radius 2 is 1.96 bits per heavy atom. The lowest BCUT2D eigenvalue weighted by Crippen LogP contribution is -2.39. The first-order chi connectivity index (χ1) is 13.2. The number of nitrogens with zero attached hydrogens (tertiary/aromatic N) is 2. The van der Waals surface area contributed by atoms with Gasteiger partial charge >= 0.3 is 0 Å². The van der Waals surface area contributed by atoms with Crippen LogP contribution in [0.4, 0.5) is 5.69 Å². The first kappa shape index (κ1) is 17.9. The fraction of sp³-hybridized carbons (Fsp3) is 0.409. The highest BCUT2D eigenvalue weighted by Crippen LogP contribution is 2.39. The van der Waals surface area contributed by atoms with E-state index in [4.69, 9.17) is 9.47 Å². The monoisotopic (exact) mass is 366 g/mol. The first-order valence-electron chi connectivity index (χ1n) is 9.55. The highest BCUT2D eigenvalue weighted by atomic mass is 16.5. The van der Waals surface area contributed by atoms with Gasteiger partial charge in [0.2, 0.25) is 5.91 Å². The van der Waals surface area contributed by atoms with E-state index in [1.807, 2.05) is 41.3 Å². The van der Waals surface area contributed by atoms with Crippen LogP contribution in [0.2, 0.25) is 0 Å². The van der Waals surface area contributed by atoms with E-state index in [0.29, 0.717) is 6.54 Å². The smallest absolute Gasteiger partial charge is 0.241 e. The number of fused-ring (bicyclic) bond motifs is 1. The molecule has 2 aliphatic rings. The molecule has 142 valence electrons. The lowest BCUT2D eigenvalue weighted by atomic mass is 10.0. The van der Waals surface area contributed by atoms with E-state index in [9.17, 15) is 4.79 Å². The van der Waals surface area contributed by atoms with Crippen molar-refractivity contribution in [3.63, 3.8) is 0 Å². The summed E-state index contributed by atoms with van der Waals surface area (Å²) >= 11 is 0. The number of methoxy groups -OCH3 is 2. The second-order valence-corrected chi connectivity index (χ2v) is 7.16. The highest BCUT2D eigenvalue weighted by molar-refractivity contribution is 5.96. The van der Waals surface area contributed by atoms with Gasteiger partial charge in [0.15, 0.2) is 0 Å². The standard InChI is InChI=1S/C22H26N2O3/c1-26-17-9-10-21(27-2)18(14-17)20-8-5-12-23(20)15-22(25)24-13-11-16-6-3-4-7-19(16)24/h3-4,6-7,9-10,14,20H,5,8,11-13,15H2,1-2H3/t20-/m1/s1. The maximum Gasteiger partial charge on any atom is 0.241 e. The first-order valence-corrected chi connectivity index (χ1v) is 9.55. The molecule has 1 fully saturated rings. The van der Waals surface area contributed by atoms with Gasteiger partial charge in [0.1, 0.15) is 11.5 Å². The van der Waals surface area contributed by atoms with Crippen LogP contribution in [0.15, 0.2) is 42.5 Å². The fourth-order valence-corrected chi connectivity index (χ4v) is 4.32. The molecule has 5 heteroatoms. The average molecular weight is 366 g/mol. The molecule has 0 bridgehead atoms. The summed E-state index contributed by atoms with van der Waals surface area (Å²) in [6.07, 6.45) is 3.04. The lowest BCUT2D eigenvalue weighted by Gasteiger charge is -2.28. The molecule has 0 radical (unpaired) electrons. The largest absolute Gasteiger partial charge is 0.497 e. The van der Waals surface area contributed by atoms with E-state index >= 15 is 0 Å². The van der Waals surface area contributed by atoms with Gasteiger partial charge in [-0.25, -0.2) is 0 Å². The van der Waals surface area contributed by atoms with Gasteiger partial charge in [0.05, 0.1) is 20.8 Å². The predicted molar refractivity (Wildman–Crippen MR) is 106 cm³/mol. The van der Waals surface area contributed by atoms with Gasteiger partial charge < -0.3 is 14.4 Å². The van der Waals surface area contributed by atoms with E-state index in [1.54, 1.807) is 14.2 Å². The summed E-state index contributed by atoms with van der Waals surface area (Å²) < 4.78 is 11.0.